The molecule has 0 aliphatic rings. The molecule has 0 aliphatic carbocycles. The van der Waals surface area contributed by atoms with Crippen molar-refractivity contribution < 1.29 is 4.42 Å². The van der Waals surface area contributed by atoms with E-state index in [1.54, 1.807) is 0 Å². The van der Waals surface area contributed by atoms with E-state index in [4.69, 9.17) is 4.42 Å². The minimum Gasteiger partial charge on any atom is -0.456 e. The van der Waals surface area contributed by atoms with E-state index in [1.807, 2.05) is 106 Å². The number of para-hydroxylation sites is 3. The number of rotatable bonds is 2. The molecule has 2 aromatic heterocycles. The fourth-order valence-electron chi connectivity index (χ4n) is 5.72. The first-order valence-corrected chi connectivity index (χ1v) is 18.7. The Bertz CT molecular complexity index is 2020. The smallest absolute Gasteiger partial charge is 0.135 e. The second kappa shape index (κ2) is 21.8. The third kappa shape index (κ3) is 9.33. The largest absolute Gasteiger partial charge is 0.456 e. The fraction of sp³-hybridized carbons (Fsp3) is 0.250. The van der Waals surface area contributed by atoms with Gasteiger partial charge in [-0.1, -0.05) is 177 Å². The number of hydrogen-bond donors (Lipinski definition) is 0. The number of hydrogen-bond acceptors (Lipinski definition) is 1. The van der Waals surface area contributed by atoms with Crippen LogP contribution in [0.15, 0.2) is 144 Å². The van der Waals surface area contributed by atoms with Gasteiger partial charge in [0.05, 0.1) is 16.7 Å². The Morgan fingerprint density at radius 3 is 1.26 bits per heavy atom. The molecule has 8 rings (SSSR count). The molecular weight excluding hydrogens is 607 g/mol. The second-order valence-corrected chi connectivity index (χ2v) is 10.4. The van der Waals surface area contributed by atoms with Crippen molar-refractivity contribution in [2.45, 2.75) is 83.1 Å². The molecule has 0 saturated carbocycles. The normalized spacial score (nSPS) is 9.60. The minimum atomic E-state index is 0.962. The summed E-state index contributed by atoms with van der Waals surface area (Å²) in [6.45, 7) is 24.3. The maximum Gasteiger partial charge on any atom is 0.135 e. The summed E-state index contributed by atoms with van der Waals surface area (Å²) in [6.07, 6.45) is 0. The average molecular weight is 666 g/mol. The Balaban J connectivity index is 0.000000316. The van der Waals surface area contributed by atoms with Gasteiger partial charge in [-0.2, -0.15) is 0 Å². The maximum atomic E-state index is 5.65. The SMILES string of the molecule is CC.CC.CC.CC.CC.Cc1ccc2c(c1)c1cc(C)ccc1n2-c1ccccc1-c1ccccc1.c1ccc2c(c1)oc1ccccc12. The molecule has 2 heteroatoms. The number of benzene rings is 6. The second-order valence-electron chi connectivity index (χ2n) is 10.4. The molecule has 50 heavy (non-hydrogen) atoms. The predicted octanol–water partition coefficient (Wildman–Crippen LogP) is 15.8. The molecule has 2 nitrogen and oxygen atoms in total. The van der Waals surface area contributed by atoms with E-state index in [0.717, 1.165) is 11.2 Å². The highest BCUT2D eigenvalue weighted by Crippen LogP contribution is 2.36. The Hall–Kier alpha value is -5.08. The molecule has 0 amide bonds. The summed E-state index contributed by atoms with van der Waals surface area (Å²) in [5.41, 5.74) is 10.7. The molecule has 2 heterocycles. The van der Waals surface area contributed by atoms with Crippen molar-refractivity contribution in [1.29, 1.82) is 0 Å². The Morgan fingerprint density at radius 1 is 0.380 bits per heavy atom. The van der Waals surface area contributed by atoms with Crippen LogP contribution in [0.2, 0.25) is 0 Å². The Kier molecular flexibility index (Phi) is 17.9. The lowest BCUT2D eigenvalue weighted by atomic mass is 10.0. The van der Waals surface area contributed by atoms with Crippen LogP contribution in [0, 0.1) is 13.8 Å². The van der Waals surface area contributed by atoms with Gasteiger partial charge in [-0.05, 0) is 61.9 Å². The number of aryl methyl sites for hydroxylation is 2. The van der Waals surface area contributed by atoms with Crippen LogP contribution in [-0.4, -0.2) is 4.57 Å². The monoisotopic (exact) mass is 665 g/mol. The van der Waals surface area contributed by atoms with Crippen LogP contribution in [0.25, 0.3) is 60.6 Å². The lowest BCUT2D eigenvalue weighted by Crippen LogP contribution is -1.97. The Labute approximate surface area is 302 Å². The van der Waals surface area contributed by atoms with Crippen LogP contribution in [0.3, 0.4) is 0 Å². The fourth-order valence-corrected chi connectivity index (χ4v) is 5.72. The van der Waals surface area contributed by atoms with Crippen LogP contribution in [0.1, 0.15) is 80.4 Å². The van der Waals surface area contributed by atoms with Gasteiger partial charge in [0.15, 0.2) is 0 Å². The molecular formula is C48H59NO. The summed E-state index contributed by atoms with van der Waals surface area (Å²) in [4.78, 5) is 0. The number of fused-ring (bicyclic) bond motifs is 6. The number of nitrogens with zero attached hydrogens (tertiary/aromatic N) is 1. The lowest BCUT2D eigenvalue weighted by Gasteiger charge is -2.14. The van der Waals surface area contributed by atoms with Crippen LogP contribution in [0.5, 0.6) is 0 Å². The van der Waals surface area contributed by atoms with Gasteiger partial charge in [-0.25, -0.2) is 0 Å². The highest BCUT2D eigenvalue weighted by molar-refractivity contribution is 6.10. The van der Waals surface area contributed by atoms with Gasteiger partial charge < -0.3 is 8.98 Å². The van der Waals surface area contributed by atoms with E-state index in [9.17, 15) is 0 Å². The van der Waals surface area contributed by atoms with Gasteiger partial charge in [0.1, 0.15) is 11.2 Å². The average Bonchev–Trinajstić information content (AvgIpc) is 3.74. The highest BCUT2D eigenvalue weighted by atomic mass is 16.3. The van der Waals surface area contributed by atoms with Crippen LogP contribution >= 0.6 is 0 Å². The molecule has 6 aromatic carbocycles. The zero-order valence-corrected chi connectivity index (χ0v) is 32.6. The van der Waals surface area contributed by atoms with Gasteiger partial charge in [0.25, 0.3) is 0 Å². The first-order chi connectivity index (χ1) is 24.7. The molecule has 0 spiro atoms. The molecule has 262 valence electrons. The Morgan fingerprint density at radius 2 is 0.780 bits per heavy atom. The summed E-state index contributed by atoms with van der Waals surface area (Å²) in [5.74, 6) is 0. The van der Waals surface area contributed by atoms with Gasteiger partial charge >= 0.3 is 0 Å². The van der Waals surface area contributed by atoms with E-state index in [1.165, 1.54) is 60.5 Å². The van der Waals surface area contributed by atoms with Gasteiger partial charge in [0.2, 0.25) is 0 Å². The van der Waals surface area contributed by atoms with Crippen molar-refractivity contribution >= 4 is 43.7 Å². The number of furan rings is 1. The topological polar surface area (TPSA) is 18.1 Å². The van der Waals surface area contributed by atoms with Gasteiger partial charge in [0, 0.05) is 27.1 Å². The summed E-state index contributed by atoms with van der Waals surface area (Å²) in [7, 11) is 0. The van der Waals surface area contributed by atoms with Gasteiger partial charge in [-0.15, -0.1) is 0 Å². The summed E-state index contributed by atoms with van der Waals surface area (Å²) >= 11 is 0. The third-order valence-corrected chi connectivity index (χ3v) is 7.59. The highest BCUT2D eigenvalue weighted by Gasteiger charge is 2.15. The van der Waals surface area contributed by atoms with E-state index < -0.39 is 0 Å². The van der Waals surface area contributed by atoms with Crippen molar-refractivity contribution in [1.82, 2.24) is 4.57 Å². The van der Waals surface area contributed by atoms with Crippen LogP contribution in [0.4, 0.5) is 0 Å². The molecule has 0 fully saturated rings. The third-order valence-electron chi connectivity index (χ3n) is 7.59. The van der Waals surface area contributed by atoms with Crippen molar-refractivity contribution in [3.63, 3.8) is 0 Å². The van der Waals surface area contributed by atoms with E-state index in [0.29, 0.717) is 0 Å². The van der Waals surface area contributed by atoms with E-state index in [-0.39, 0.29) is 0 Å². The molecule has 0 saturated heterocycles. The molecule has 0 unspecified atom stereocenters. The van der Waals surface area contributed by atoms with Gasteiger partial charge in [-0.3, -0.25) is 0 Å². The molecule has 0 aliphatic heterocycles. The van der Waals surface area contributed by atoms with Crippen molar-refractivity contribution in [2.24, 2.45) is 0 Å². The minimum absolute atomic E-state index is 0.962. The van der Waals surface area contributed by atoms with Crippen molar-refractivity contribution in [3.8, 4) is 16.8 Å². The quantitative estimate of drug-likeness (QED) is 0.180. The summed E-state index contributed by atoms with van der Waals surface area (Å²) in [5, 5.41) is 5.02. The van der Waals surface area contributed by atoms with E-state index in [2.05, 4.69) is 122 Å². The summed E-state index contributed by atoms with van der Waals surface area (Å²) < 4.78 is 8.06. The number of aromatic nitrogens is 1. The standard InChI is InChI=1S/C26H21N.C12H8O.5C2H6/c1-18-12-14-25-22(16-18)23-17-19(2)13-15-26(23)27(25)24-11-7-6-10-21(24)20-8-4-3-5-9-20;1-3-7-11-9(5-1)10-6-2-4-8-12(10)13-11;5*1-2/h3-17H,1-2H3;1-8H;5*1-2H3. The van der Waals surface area contributed by atoms with Crippen LogP contribution < -0.4 is 0 Å². The lowest BCUT2D eigenvalue weighted by molar-refractivity contribution is 0.669. The maximum absolute atomic E-state index is 5.65. The first-order valence-electron chi connectivity index (χ1n) is 18.7. The first kappa shape index (κ1) is 41.1. The molecule has 0 atom stereocenters. The van der Waals surface area contributed by atoms with Crippen molar-refractivity contribution in [3.05, 3.63) is 151 Å². The molecule has 0 radical (unpaired) electrons. The van der Waals surface area contributed by atoms with Crippen molar-refractivity contribution in [2.75, 3.05) is 0 Å². The summed E-state index contributed by atoms with van der Waals surface area (Å²) in [6, 6.07) is 49.0. The molecule has 0 N–H and O–H groups in total. The molecule has 8 aromatic rings. The molecule has 0 bridgehead atoms. The zero-order chi connectivity index (χ0) is 37.1. The zero-order valence-electron chi connectivity index (χ0n) is 32.6. The predicted molar refractivity (Wildman–Crippen MR) is 226 cm³/mol. The van der Waals surface area contributed by atoms with E-state index >= 15 is 0 Å². The van der Waals surface area contributed by atoms with Crippen LogP contribution in [-0.2, 0) is 0 Å².